The van der Waals surface area contributed by atoms with Gasteiger partial charge in [0.2, 0.25) is 10.0 Å². The van der Waals surface area contributed by atoms with E-state index < -0.39 is 10.0 Å². The van der Waals surface area contributed by atoms with E-state index in [1.165, 1.54) is 49.1 Å². The molecule has 0 unspecified atom stereocenters. The van der Waals surface area contributed by atoms with Crippen molar-refractivity contribution in [3.8, 4) is 28.1 Å². The molecule has 282 valence electrons. The normalized spacial score (nSPS) is 16.9. The van der Waals surface area contributed by atoms with Gasteiger partial charge in [0.15, 0.2) is 0 Å². The molecule has 3 aromatic carbocycles. The average molecular weight is 759 g/mol. The second-order valence-corrected chi connectivity index (χ2v) is 17.1. The van der Waals surface area contributed by atoms with Crippen LogP contribution in [0, 0.1) is 5.92 Å². The van der Waals surface area contributed by atoms with Gasteiger partial charge in [-0.3, -0.25) is 9.48 Å². The second-order valence-electron chi connectivity index (χ2n) is 14.7. The third kappa shape index (κ3) is 9.43. The fourth-order valence-electron chi connectivity index (χ4n) is 7.88. The van der Waals surface area contributed by atoms with Crippen LogP contribution in [0.15, 0.2) is 66.7 Å². The number of amides is 1. The molecular formula is C41H51ClN6O4S. The number of anilines is 1. The van der Waals surface area contributed by atoms with Gasteiger partial charge in [-0.25, -0.2) is 8.42 Å². The summed E-state index contributed by atoms with van der Waals surface area (Å²) in [4.78, 5) is 15.7. The number of aromatic nitrogens is 2. The van der Waals surface area contributed by atoms with Gasteiger partial charge >= 0.3 is 0 Å². The number of ether oxygens (including phenoxy) is 1. The maximum absolute atomic E-state index is 13.2. The molecule has 3 heterocycles. The number of hydrogen-bond donors (Lipinski definition) is 2. The van der Waals surface area contributed by atoms with Crippen LogP contribution in [0.5, 0.6) is 5.75 Å². The number of sulfonamides is 1. The molecular weight excluding hydrogens is 708 g/mol. The van der Waals surface area contributed by atoms with Crippen LogP contribution >= 0.6 is 11.6 Å². The smallest absolute Gasteiger partial charge is 0.251 e. The number of likely N-dealkylation sites (tertiary alicyclic amines) is 1. The number of rotatable bonds is 15. The highest BCUT2D eigenvalue weighted by atomic mass is 35.5. The first-order valence-electron chi connectivity index (χ1n) is 19.1. The van der Waals surface area contributed by atoms with Crippen molar-refractivity contribution in [2.75, 3.05) is 57.4 Å². The first-order chi connectivity index (χ1) is 25.7. The lowest BCUT2D eigenvalue weighted by Gasteiger charge is -2.26. The summed E-state index contributed by atoms with van der Waals surface area (Å²) in [5, 5.41) is 12.0. The molecule has 12 heteroatoms. The van der Waals surface area contributed by atoms with Gasteiger partial charge in [-0.05, 0) is 112 Å². The van der Waals surface area contributed by atoms with Crippen LogP contribution in [-0.4, -0.2) is 85.4 Å². The molecule has 0 bridgehead atoms. The fraction of sp³-hybridized carbons (Fsp3) is 0.463. The Morgan fingerprint density at radius 1 is 0.925 bits per heavy atom. The summed E-state index contributed by atoms with van der Waals surface area (Å²) in [7, 11) is -3.36. The number of carbonyl (C=O) groups is 1. The Bertz CT molecular complexity index is 1990. The highest BCUT2D eigenvalue weighted by molar-refractivity contribution is 7.88. The lowest BCUT2D eigenvalue weighted by Crippen LogP contribution is -2.35. The lowest BCUT2D eigenvalue weighted by molar-refractivity contribution is 0.0955. The van der Waals surface area contributed by atoms with Gasteiger partial charge in [0.25, 0.3) is 5.91 Å². The molecule has 4 aromatic rings. The van der Waals surface area contributed by atoms with Crippen molar-refractivity contribution >= 4 is 33.2 Å². The lowest BCUT2D eigenvalue weighted by atomic mass is 9.97. The number of aryl methyl sites for hydroxylation is 1. The minimum absolute atomic E-state index is 0.167. The number of fused-ring (bicyclic) bond motifs is 1. The zero-order valence-corrected chi connectivity index (χ0v) is 32.2. The molecule has 2 fully saturated rings. The number of nitrogens with zero attached hydrogens (tertiary/aromatic N) is 4. The molecule has 2 N–H and O–H groups in total. The molecule has 0 atom stereocenters. The van der Waals surface area contributed by atoms with E-state index in [4.69, 9.17) is 21.4 Å². The van der Waals surface area contributed by atoms with Crippen molar-refractivity contribution in [2.24, 2.45) is 5.92 Å². The molecule has 3 aliphatic rings. The molecule has 53 heavy (non-hydrogen) atoms. The highest BCUT2D eigenvalue weighted by Crippen LogP contribution is 2.36. The minimum Gasteiger partial charge on any atom is -0.493 e. The monoisotopic (exact) mass is 758 g/mol. The van der Waals surface area contributed by atoms with E-state index in [2.05, 4.69) is 20.2 Å². The van der Waals surface area contributed by atoms with Crippen molar-refractivity contribution in [2.45, 2.75) is 64.5 Å². The van der Waals surface area contributed by atoms with Gasteiger partial charge in [-0.2, -0.15) is 9.40 Å². The van der Waals surface area contributed by atoms with Crippen LogP contribution in [0.1, 0.15) is 66.6 Å². The Morgan fingerprint density at radius 2 is 1.72 bits per heavy atom. The summed E-state index contributed by atoms with van der Waals surface area (Å²) in [6.07, 6.45) is 10.6. The summed E-state index contributed by atoms with van der Waals surface area (Å²) in [5.41, 5.74) is 6.80. The predicted molar refractivity (Wildman–Crippen MR) is 212 cm³/mol. The van der Waals surface area contributed by atoms with Crippen molar-refractivity contribution in [1.29, 1.82) is 0 Å². The number of halogens is 1. The van der Waals surface area contributed by atoms with Gasteiger partial charge < -0.3 is 20.3 Å². The van der Waals surface area contributed by atoms with Gasteiger partial charge in [-0.15, -0.1) is 0 Å². The largest absolute Gasteiger partial charge is 0.493 e. The zero-order chi connectivity index (χ0) is 36.8. The molecule has 2 aliphatic heterocycles. The summed E-state index contributed by atoms with van der Waals surface area (Å²) in [6, 6.07) is 21.3. The van der Waals surface area contributed by atoms with Crippen molar-refractivity contribution < 1.29 is 17.9 Å². The SMILES string of the molecule is CS(=O)(=O)N1CCc2c(c(-c3ccc(Cl)c(-c4cccc(C(=O)NCCNc5ccc(OCC6CCCC6)cc5)c4)c3)nn2CCCN2CCCC2)C1. The standard InChI is InChI=1S/C41H51ClN6O4S/c1-53(50,51)47-25-18-39-37(28-47)40(45-48(39)24-7-23-46-21-4-5-22-46)32-12-17-38(42)36(27-32)31-10-6-11-33(26-31)41(49)44-20-19-43-34-13-15-35(16-14-34)52-29-30-8-2-3-9-30/h6,10-17,26-27,30,43H,2-5,7-9,18-25,28-29H2,1H3,(H,44,49). The van der Waals surface area contributed by atoms with Crippen LogP contribution in [0.25, 0.3) is 22.4 Å². The predicted octanol–water partition coefficient (Wildman–Crippen LogP) is 7.09. The number of carbonyl (C=O) groups excluding carboxylic acids is 1. The van der Waals surface area contributed by atoms with Crippen molar-refractivity contribution in [3.63, 3.8) is 0 Å². The average Bonchev–Trinajstić information content (AvgIpc) is 3.96. The third-order valence-corrected chi connectivity index (χ3v) is 12.4. The minimum atomic E-state index is -3.36. The van der Waals surface area contributed by atoms with Crippen LogP contribution < -0.4 is 15.4 Å². The number of nitrogens with one attached hydrogen (secondary N) is 2. The third-order valence-electron chi connectivity index (χ3n) is 10.8. The number of hydrogen-bond acceptors (Lipinski definition) is 7. The number of benzene rings is 3. The Morgan fingerprint density at radius 3 is 2.49 bits per heavy atom. The summed E-state index contributed by atoms with van der Waals surface area (Å²) < 4.78 is 34.8. The van der Waals surface area contributed by atoms with Gasteiger partial charge in [0.1, 0.15) is 5.75 Å². The van der Waals surface area contributed by atoms with Gasteiger partial charge in [0, 0.05) is 77.8 Å². The van der Waals surface area contributed by atoms with E-state index in [1.807, 2.05) is 60.7 Å². The first-order valence-corrected chi connectivity index (χ1v) is 21.4. The van der Waals surface area contributed by atoms with Crippen molar-refractivity contribution in [3.05, 3.63) is 88.6 Å². The summed E-state index contributed by atoms with van der Waals surface area (Å²) in [6.45, 7) is 6.69. The molecule has 1 saturated heterocycles. The Kier molecular flexibility index (Phi) is 12.0. The second kappa shape index (κ2) is 17.1. The van der Waals surface area contributed by atoms with Crippen LogP contribution in [-0.2, 0) is 29.5 Å². The maximum atomic E-state index is 13.2. The Hall–Kier alpha value is -3.90. The Labute approximate surface area is 318 Å². The molecule has 10 nitrogen and oxygen atoms in total. The van der Waals surface area contributed by atoms with Crippen LogP contribution in [0.4, 0.5) is 5.69 Å². The molecule has 1 saturated carbocycles. The van der Waals surface area contributed by atoms with Crippen LogP contribution in [0.3, 0.4) is 0 Å². The van der Waals surface area contributed by atoms with E-state index >= 15 is 0 Å². The fourth-order valence-corrected chi connectivity index (χ4v) is 8.90. The molecule has 1 aromatic heterocycles. The van der Waals surface area contributed by atoms with Gasteiger partial charge in [-0.1, -0.05) is 42.6 Å². The molecule has 7 rings (SSSR count). The molecule has 0 radical (unpaired) electrons. The van der Waals surface area contributed by atoms with E-state index in [9.17, 15) is 13.2 Å². The van der Waals surface area contributed by atoms with E-state index in [-0.39, 0.29) is 12.5 Å². The van der Waals surface area contributed by atoms with Gasteiger partial charge in [0.05, 0.1) is 18.6 Å². The topological polar surface area (TPSA) is 109 Å². The first kappa shape index (κ1) is 37.4. The molecule has 1 aliphatic carbocycles. The van der Waals surface area contributed by atoms with E-state index in [1.54, 1.807) is 6.07 Å². The summed E-state index contributed by atoms with van der Waals surface area (Å²) >= 11 is 6.80. The molecule has 0 spiro atoms. The Balaban J connectivity index is 1.01. The quantitative estimate of drug-likeness (QED) is 0.125. The highest BCUT2D eigenvalue weighted by Gasteiger charge is 2.30. The van der Waals surface area contributed by atoms with E-state index in [0.29, 0.717) is 42.6 Å². The molecule has 1 amide bonds. The van der Waals surface area contributed by atoms with Crippen LogP contribution in [0.2, 0.25) is 5.02 Å². The zero-order valence-electron chi connectivity index (χ0n) is 30.7. The summed E-state index contributed by atoms with van der Waals surface area (Å²) in [5.74, 6) is 1.40. The van der Waals surface area contributed by atoms with E-state index in [0.717, 1.165) is 84.3 Å². The maximum Gasteiger partial charge on any atom is 0.251 e. The van der Waals surface area contributed by atoms with Crippen molar-refractivity contribution in [1.82, 2.24) is 24.3 Å².